The molecule has 1 amide bonds. The van der Waals surface area contributed by atoms with Crippen LogP contribution in [0.25, 0.3) is 0 Å². The fraction of sp³-hybridized carbons (Fsp3) is 0.316. The average molecular weight is 392 g/mol. The van der Waals surface area contributed by atoms with E-state index in [0.717, 1.165) is 23.1 Å². The summed E-state index contributed by atoms with van der Waals surface area (Å²) in [6.45, 7) is 2.07. The lowest BCUT2D eigenvalue weighted by atomic mass is 10.1. The van der Waals surface area contributed by atoms with Crippen molar-refractivity contribution in [2.24, 2.45) is 0 Å². The molecule has 0 spiro atoms. The largest absolute Gasteiger partial charge is 0.353 e. The molecule has 0 radical (unpaired) electrons. The third-order valence-corrected chi connectivity index (χ3v) is 5.06. The predicted octanol–water partition coefficient (Wildman–Crippen LogP) is 4.82. The van der Waals surface area contributed by atoms with Crippen LogP contribution in [0.3, 0.4) is 0 Å². The molecule has 0 heterocycles. The van der Waals surface area contributed by atoms with E-state index in [0.29, 0.717) is 5.75 Å². The molecule has 1 N–H and O–H groups in total. The number of carbonyl (C=O) groups excluding carboxylic acids is 1. The smallest absolute Gasteiger partial charge is 0.230 e. The van der Waals surface area contributed by atoms with Crippen LogP contribution in [0, 0.1) is 0 Å². The summed E-state index contributed by atoms with van der Waals surface area (Å²) in [5, 5.41) is 3.08. The van der Waals surface area contributed by atoms with Gasteiger partial charge in [-0.05, 0) is 43.0 Å². The van der Waals surface area contributed by atoms with E-state index < -0.39 is 0 Å². The first-order valence-corrected chi connectivity index (χ1v) is 9.74. The molecule has 0 saturated carbocycles. The Kier molecular flexibility index (Phi) is 7.69. The van der Waals surface area contributed by atoms with Gasteiger partial charge in [0.05, 0.1) is 5.75 Å². The fourth-order valence-corrected chi connectivity index (χ4v) is 3.32. The average Bonchev–Trinajstić information content (AvgIpc) is 2.56. The topological polar surface area (TPSA) is 29.1 Å². The zero-order valence-electron chi connectivity index (χ0n) is 13.3. The van der Waals surface area contributed by atoms with E-state index in [9.17, 15) is 4.79 Å². The van der Waals surface area contributed by atoms with Crippen molar-refractivity contribution < 1.29 is 4.79 Å². The zero-order chi connectivity index (χ0) is 16.5. The number of rotatable bonds is 8. The molecule has 1 atom stereocenters. The molecule has 0 fully saturated rings. The second-order valence-corrected chi connectivity index (χ2v) is 7.51. The van der Waals surface area contributed by atoms with Gasteiger partial charge in [-0.1, -0.05) is 58.4 Å². The fourth-order valence-electron chi connectivity index (χ4n) is 2.26. The summed E-state index contributed by atoms with van der Waals surface area (Å²) in [4.78, 5) is 12.0. The van der Waals surface area contributed by atoms with Crippen molar-refractivity contribution in [3.8, 4) is 0 Å². The Bertz CT molecular complexity index is 601. The highest BCUT2D eigenvalue weighted by molar-refractivity contribution is 9.10. The normalized spacial score (nSPS) is 11.9. The van der Waals surface area contributed by atoms with E-state index in [-0.39, 0.29) is 11.9 Å². The van der Waals surface area contributed by atoms with E-state index in [1.807, 2.05) is 18.2 Å². The molecule has 0 aliphatic rings. The highest BCUT2D eigenvalue weighted by atomic mass is 79.9. The van der Waals surface area contributed by atoms with E-state index in [4.69, 9.17) is 0 Å². The minimum Gasteiger partial charge on any atom is -0.353 e. The predicted molar refractivity (Wildman–Crippen MR) is 103 cm³/mol. The molecule has 23 heavy (non-hydrogen) atoms. The molecule has 122 valence electrons. The third-order valence-electron chi connectivity index (χ3n) is 3.53. The van der Waals surface area contributed by atoms with E-state index in [2.05, 4.69) is 64.6 Å². The summed E-state index contributed by atoms with van der Waals surface area (Å²) in [5.74, 6) is 1.48. The molecule has 0 bridgehead atoms. The van der Waals surface area contributed by atoms with Crippen LogP contribution >= 0.6 is 27.7 Å². The lowest BCUT2D eigenvalue weighted by Crippen LogP contribution is -2.34. The molecule has 2 nitrogen and oxygen atoms in total. The van der Waals surface area contributed by atoms with Gasteiger partial charge in [0, 0.05) is 16.3 Å². The van der Waals surface area contributed by atoms with Crippen molar-refractivity contribution in [1.29, 1.82) is 0 Å². The van der Waals surface area contributed by atoms with Crippen LogP contribution in [0.1, 0.15) is 24.5 Å². The van der Waals surface area contributed by atoms with Gasteiger partial charge >= 0.3 is 0 Å². The maximum absolute atomic E-state index is 12.0. The van der Waals surface area contributed by atoms with Gasteiger partial charge in [0.25, 0.3) is 0 Å². The van der Waals surface area contributed by atoms with Gasteiger partial charge in [-0.2, -0.15) is 0 Å². The number of aryl methyl sites for hydroxylation is 1. The Hall–Kier alpha value is -1.26. The van der Waals surface area contributed by atoms with Crippen molar-refractivity contribution in [2.45, 2.75) is 31.6 Å². The monoisotopic (exact) mass is 391 g/mol. The van der Waals surface area contributed by atoms with Gasteiger partial charge in [-0.15, -0.1) is 11.8 Å². The number of thioether (sulfide) groups is 1. The van der Waals surface area contributed by atoms with Gasteiger partial charge in [0.2, 0.25) is 5.91 Å². The molecule has 0 unspecified atom stereocenters. The summed E-state index contributed by atoms with van der Waals surface area (Å²) in [7, 11) is 0. The van der Waals surface area contributed by atoms with E-state index in [1.165, 1.54) is 11.1 Å². The highest BCUT2D eigenvalue weighted by Gasteiger charge is 2.07. The molecule has 2 aromatic rings. The molecule has 2 aromatic carbocycles. The molecule has 0 aromatic heterocycles. The summed E-state index contributed by atoms with van der Waals surface area (Å²) in [6.07, 6.45) is 1.96. The second-order valence-electron chi connectivity index (χ2n) is 5.61. The van der Waals surface area contributed by atoms with Crippen LogP contribution in [-0.2, 0) is 17.0 Å². The second kappa shape index (κ2) is 9.78. The van der Waals surface area contributed by atoms with Gasteiger partial charge < -0.3 is 5.32 Å². The minimum atomic E-state index is 0.118. The van der Waals surface area contributed by atoms with Crippen molar-refractivity contribution in [3.63, 3.8) is 0 Å². The number of halogens is 1. The van der Waals surface area contributed by atoms with Crippen LogP contribution in [-0.4, -0.2) is 17.7 Å². The SMILES string of the molecule is C[C@H](CCc1ccccc1)NC(=O)CSCc1ccc(Br)cc1. The molecule has 2 rings (SSSR count). The van der Waals surface area contributed by atoms with Crippen LogP contribution in [0.15, 0.2) is 59.1 Å². The Morgan fingerprint density at radius 1 is 1.09 bits per heavy atom. The van der Waals surface area contributed by atoms with Crippen molar-refractivity contribution in [2.75, 3.05) is 5.75 Å². The Morgan fingerprint density at radius 3 is 2.48 bits per heavy atom. The van der Waals surface area contributed by atoms with Crippen LogP contribution in [0.2, 0.25) is 0 Å². The minimum absolute atomic E-state index is 0.118. The Balaban J connectivity index is 1.63. The molecule has 0 saturated heterocycles. The maximum atomic E-state index is 12.0. The number of benzene rings is 2. The first-order chi connectivity index (χ1) is 11.1. The summed E-state index contributed by atoms with van der Waals surface area (Å²) < 4.78 is 1.08. The summed E-state index contributed by atoms with van der Waals surface area (Å²) >= 11 is 5.07. The van der Waals surface area contributed by atoms with Crippen LogP contribution in [0.4, 0.5) is 0 Å². The zero-order valence-corrected chi connectivity index (χ0v) is 15.7. The van der Waals surface area contributed by atoms with Gasteiger partial charge in [0.1, 0.15) is 0 Å². The summed E-state index contributed by atoms with van der Waals surface area (Å²) in [6, 6.07) is 18.8. The number of nitrogens with one attached hydrogen (secondary N) is 1. The quantitative estimate of drug-likeness (QED) is 0.698. The van der Waals surface area contributed by atoms with E-state index >= 15 is 0 Å². The lowest BCUT2D eigenvalue weighted by Gasteiger charge is -2.13. The van der Waals surface area contributed by atoms with Crippen LogP contribution < -0.4 is 5.32 Å². The molecular weight excluding hydrogens is 370 g/mol. The summed E-state index contributed by atoms with van der Waals surface area (Å²) in [5.41, 5.74) is 2.56. The van der Waals surface area contributed by atoms with Gasteiger partial charge in [0.15, 0.2) is 0 Å². The van der Waals surface area contributed by atoms with Crippen molar-refractivity contribution in [3.05, 3.63) is 70.2 Å². The third kappa shape index (κ3) is 7.23. The standard InChI is InChI=1S/C19H22BrNOS/c1-15(7-8-16-5-3-2-4-6-16)21-19(22)14-23-13-17-9-11-18(20)12-10-17/h2-6,9-12,15H,7-8,13-14H2,1H3,(H,21,22)/t15-/m1/s1. The highest BCUT2D eigenvalue weighted by Crippen LogP contribution is 2.15. The number of hydrogen-bond acceptors (Lipinski definition) is 2. The first kappa shape index (κ1) is 18.1. The van der Waals surface area contributed by atoms with E-state index in [1.54, 1.807) is 11.8 Å². The van der Waals surface area contributed by atoms with Gasteiger partial charge in [-0.3, -0.25) is 4.79 Å². The van der Waals surface area contributed by atoms with Crippen molar-refractivity contribution in [1.82, 2.24) is 5.32 Å². The molecule has 4 heteroatoms. The van der Waals surface area contributed by atoms with Crippen LogP contribution in [0.5, 0.6) is 0 Å². The molecule has 0 aliphatic carbocycles. The molecule has 0 aliphatic heterocycles. The lowest BCUT2D eigenvalue weighted by molar-refractivity contribution is -0.119. The van der Waals surface area contributed by atoms with Crippen molar-refractivity contribution >= 4 is 33.6 Å². The maximum Gasteiger partial charge on any atom is 0.230 e. The number of hydrogen-bond donors (Lipinski definition) is 1. The van der Waals surface area contributed by atoms with Gasteiger partial charge in [-0.25, -0.2) is 0 Å². The number of carbonyl (C=O) groups is 1. The Morgan fingerprint density at radius 2 is 1.78 bits per heavy atom. The Labute approximate surface area is 151 Å². The molecular formula is C19H22BrNOS. The number of amides is 1. The first-order valence-electron chi connectivity index (χ1n) is 7.79.